The highest BCUT2D eigenvalue weighted by molar-refractivity contribution is 5.75. The topological polar surface area (TPSA) is 64.2 Å². The average Bonchev–Trinajstić information content (AvgIpc) is 2.85. The van der Waals surface area contributed by atoms with Crippen LogP contribution in [0.2, 0.25) is 0 Å². The number of benzene rings is 1. The molecule has 1 aromatic heterocycles. The van der Waals surface area contributed by atoms with Crippen LogP contribution in [0.25, 0.3) is 11.1 Å². The number of amides is 1. The summed E-state index contributed by atoms with van der Waals surface area (Å²) in [4.78, 5) is 13.0. The summed E-state index contributed by atoms with van der Waals surface area (Å²) in [5, 5.41) is 3.98. The van der Waals surface area contributed by atoms with Crippen molar-refractivity contribution >= 4 is 11.6 Å². The van der Waals surface area contributed by atoms with E-state index < -0.39 is 11.7 Å². The van der Waals surface area contributed by atoms with Gasteiger partial charge in [-0.2, -0.15) is 18.3 Å². The molecule has 0 radical (unpaired) electrons. The number of alkyl halides is 3. The Kier molecular flexibility index (Phi) is 4.11. The summed E-state index contributed by atoms with van der Waals surface area (Å²) in [6, 6.07) is 3.32. The smallest absolute Gasteiger partial charge is 0.399 e. The Hall–Kier alpha value is -2.51. The lowest BCUT2D eigenvalue weighted by atomic mass is 10.0. The number of anilines is 1. The number of nitrogens with two attached hydrogens (primary N) is 1. The minimum absolute atomic E-state index is 0.0153. The highest BCUT2D eigenvalue weighted by Crippen LogP contribution is 2.34. The minimum atomic E-state index is -4.47. The molecule has 2 N–H and O–H groups in total. The zero-order valence-corrected chi connectivity index (χ0v) is 12.1. The molecule has 2 rings (SSSR count). The maximum Gasteiger partial charge on any atom is 0.416 e. The van der Waals surface area contributed by atoms with Crippen LogP contribution in [0, 0.1) is 0 Å². The van der Waals surface area contributed by atoms with E-state index in [0.717, 1.165) is 12.1 Å². The third kappa shape index (κ3) is 3.57. The number of rotatable bonds is 3. The molecule has 22 heavy (non-hydrogen) atoms. The van der Waals surface area contributed by atoms with Gasteiger partial charge in [0.2, 0.25) is 5.91 Å². The van der Waals surface area contributed by atoms with Gasteiger partial charge in [0.15, 0.2) is 0 Å². The molecule has 2 aromatic rings. The molecule has 0 saturated carbocycles. The molecule has 1 amide bonds. The maximum absolute atomic E-state index is 12.8. The van der Waals surface area contributed by atoms with Crippen LogP contribution in [0.1, 0.15) is 5.56 Å². The molecule has 118 valence electrons. The number of nitrogen functional groups attached to an aromatic ring is 1. The fraction of sp³-hybridized carbons (Fsp3) is 0.286. The van der Waals surface area contributed by atoms with E-state index in [1.54, 1.807) is 14.1 Å². The number of nitrogens with zero attached hydrogens (tertiary/aromatic N) is 3. The first kappa shape index (κ1) is 15.9. The first-order valence-electron chi connectivity index (χ1n) is 6.37. The molecule has 0 fully saturated rings. The molecule has 0 spiro atoms. The van der Waals surface area contributed by atoms with E-state index in [0.29, 0.717) is 11.1 Å². The summed E-state index contributed by atoms with van der Waals surface area (Å²) in [5.41, 5.74) is 5.49. The van der Waals surface area contributed by atoms with Gasteiger partial charge < -0.3 is 10.6 Å². The molecule has 0 bridgehead atoms. The van der Waals surface area contributed by atoms with Crippen LogP contribution in [0.4, 0.5) is 18.9 Å². The molecule has 0 aliphatic carbocycles. The Balaban J connectivity index is 2.31. The SMILES string of the molecule is CN(C)C(=O)Cn1cc(-c2cc(N)cc(C(F)(F)F)c2)cn1. The van der Waals surface area contributed by atoms with Gasteiger partial charge in [0.05, 0.1) is 11.8 Å². The van der Waals surface area contributed by atoms with Crippen molar-refractivity contribution in [2.24, 2.45) is 0 Å². The minimum Gasteiger partial charge on any atom is -0.399 e. The summed E-state index contributed by atoms with van der Waals surface area (Å²) < 4.78 is 39.8. The normalized spacial score (nSPS) is 11.5. The largest absolute Gasteiger partial charge is 0.416 e. The predicted octanol–water partition coefficient (Wildman–Crippen LogP) is 2.24. The fourth-order valence-electron chi connectivity index (χ4n) is 1.86. The van der Waals surface area contributed by atoms with Crippen molar-refractivity contribution < 1.29 is 18.0 Å². The van der Waals surface area contributed by atoms with Crippen LogP contribution in [-0.4, -0.2) is 34.7 Å². The van der Waals surface area contributed by atoms with E-state index in [-0.39, 0.29) is 18.1 Å². The third-order valence-corrected chi connectivity index (χ3v) is 3.05. The molecule has 0 aliphatic heterocycles. The summed E-state index contributed by atoms with van der Waals surface area (Å²) in [6.07, 6.45) is -1.56. The van der Waals surface area contributed by atoms with Crippen LogP contribution >= 0.6 is 0 Å². The monoisotopic (exact) mass is 312 g/mol. The molecule has 5 nitrogen and oxygen atoms in total. The predicted molar refractivity (Wildman–Crippen MR) is 75.8 cm³/mol. The zero-order chi connectivity index (χ0) is 16.5. The van der Waals surface area contributed by atoms with Gasteiger partial charge in [0.1, 0.15) is 6.54 Å². The number of aromatic nitrogens is 2. The Morgan fingerprint density at radius 1 is 1.27 bits per heavy atom. The van der Waals surface area contributed by atoms with E-state index in [1.165, 1.54) is 28.0 Å². The molecule has 1 heterocycles. The number of carbonyl (C=O) groups is 1. The van der Waals surface area contributed by atoms with Gasteiger partial charge in [0, 0.05) is 31.5 Å². The van der Waals surface area contributed by atoms with Crippen molar-refractivity contribution in [3.8, 4) is 11.1 Å². The standard InChI is InChI=1S/C14H15F3N4O/c1-20(2)13(22)8-21-7-10(6-19-21)9-3-11(14(15,16)17)5-12(18)4-9/h3-7H,8,18H2,1-2H3. The van der Waals surface area contributed by atoms with Crippen LogP contribution in [0.15, 0.2) is 30.6 Å². The molecule has 0 aliphatic rings. The third-order valence-electron chi connectivity index (χ3n) is 3.05. The van der Waals surface area contributed by atoms with E-state index in [2.05, 4.69) is 5.10 Å². The molecule has 1 aromatic carbocycles. The van der Waals surface area contributed by atoms with Crippen molar-refractivity contribution in [2.75, 3.05) is 19.8 Å². The number of carbonyl (C=O) groups excluding carboxylic acids is 1. The van der Waals surface area contributed by atoms with Crippen molar-refractivity contribution in [3.63, 3.8) is 0 Å². The van der Waals surface area contributed by atoms with E-state index in [4.69, 9.17) is 5.73 Å². The quantitative estimate of drug-likeness (QED) is 0.884. The van der Waals surface area contributed by atoms with Crippen molar-refractivity contribution in [1.82, 2.24) is 14.7 Å². The van der Waals surface area contributed by atoms with Crippen LogP contribution in [0.5, 0.6) is 0 Å². The van der Waals surface area contributed by atoms with E-state index in [1.807, 2.05) is 0 Å². The summed E-state index contributed by atoms with van der Waals surface area (Å²) in [6.45, 7) is 0.0153. The summed E-state index contributed by atoms with van der Waals surface area (Å²) in [5.74, 6) is -0.168. The molecule has 0 atom stereocenters. The van der Waals surface area contributed by atoms with Crippen molar-refractivity contribution in [2.45, 2.75) is 12.7 Å². The second kappa shape index (κ2) is 5.70. The number of halogens is 3. The Morgan fingerprint density at radius 2 is 1.95 bits per heavy atom. The van der Waals surface area contributed by atoms with E-state index in [9.17, 15) is 18.0 Å². The second-order valence-electron chi connectivity index (χ2n) is 5.06. The molecule has 8 heteroatoms. The van der Waals surface area contributed by atoms with Gasteiger partial charge in [0.25, 0.3) is 0 Å². The second-order valence-corrected chi connectivity index (χ2v) is 5.06. The molecular formula is C14H15F3N4O. The van der Waals surface area contributed by atoms with Crippen molar-refractivity contribution in [1.29, 1.82) is 0 Å². The maximum atomic E-state index is 12.8. The lowest BCUT2D eigenvalue weighted by Gasteiger charge is -2.10. The fourth-order valence-corrected chi connectivity index (χ4v) is 1.86. The van der Waals surface area contributed by atoms with Crippen LogP contribution in [-0.2, 0) is 17.5 Å². The number of hydrogen-bond acceptors (Lipinski definition) is 3. The lowest BCUT2D eigenvalue weighted by Crippen LogP contribution is -2.26. The number of hydrogen-bond donors (Lipinski definition) is 1. The van der Waals surface area contributed by atoms with Gasteiger partial charge in [-0.3, -0.25) is 9.48 Å². The molecule has 0 unspecified atom stereocenters. The zero-order valence-electron chi connectivity index (χ0n) is 12.1. The van der Waals surface area contributed by atoms with Crippen molar-refractivity contribution in [3.05, 3.63) is 36.2 Å². The highest BCUT2D eigenvalue weighted by Gasteiger charge is 2.31. The highest BCUT2D eigenvalue weighted by atomic mass is 19.4. The first-order valence-corrected chi connectivity index (χ1v) is 6.37. The van der Waals surface area contributed by atoms with Gasteiger partial charge in [-0.05, 0) is 23.8 Å². The summed E-state index contributed by atoms with van der Waals surface area (Å²) in [7, 11) is 3.22. The van der Waals surface area contributed by atoms with Gasteiger partial charge in [-0.15, -0.1) is 0 Å². The van der Waals surface area contributed by atoms with Crippen LogP contribution < -0.4 is 5.73 Å². The number of likely N-dealkylation sites (N-methyl/N-ethyl adjacent to an activating group) is 1. The van der Waals surface area contributed by atoms with Gasteiger partial charge in [-0.1, -0.05) is 0 Å². The molecule has 0 saturated heterocycles. The average molecular weight is 312 g/mol. The Bertz CT molecular complexity index is 692. The molecular weight excluding hydrogens is 297 g/mol. The lowest BCUT2D eigenvalue weighted by molar-refractivity contribution is -0.137. The first-order chi connectivity index (χ1) is 10.2. The van der Waals surface area contributed by atoms with Crippen LogP contribution in [0.3, 0.4) is 0 Å². The van der Waals surface area contributed by atoms with Gasteiger partial charge >= 0.3 is 6.18 Å². The van der Waals surface area contributed by atoms with Gasteiger partial charge in [-0.25, -0.2) is 0 Å². The van der Waals surface area contributed by atoms with E-state index >= 15 is 0 Å². The Labute approximate surface area is 125 Å². The summed E-state index contributed by atoms with van der Waals surface area (Å²) >= 11 is 0. The Morgan fingerprint density at radius 3 is 2.55 bits per heavy atom.